The number of hydrogen-bond donors (Lipinski definition) is 1. The Hall–Kier alpha value is -0.860. The maximum Gasteiger partial charge on any atom is 0.0919 e. The molecule has 0 heterocycles. The first kappa shape index (κ1) is 16.2. The Balaban J connectivity index is 2.78. The van der Waals surface area contributed by atoms with E-state index >= 15 is 0 Å². The Bertz CT molecular complexity index is 398. The van der Waals surface area contributed by atoms with E-state index in [2.05, 4.69) is 64.6 Å². The van der Waals surface area contributed by atoms with Crippen LogP contribution < -0.4 is 0 Å². The van der Waals surface area contributed by atoms with Gasteiger partial charge >= 0.3 is 0 Å². The zero-order valence-corrected chi connectivity index (χ0v) is 13.3. The van der Waals surface area contributed by atoms with Crippen LogP contribution in [0.1, 0.15) is 50.5 Å². The highest BCUT2D eigenvalue weighted by Crippen LogP contribution is 2.21. The van der Waals surface area contributed by atoms with Crippen molar-refractivity contribution < 1.29 is 5.11 Å². The number of aryl methyl sites for hydroxylation is 2. The van der Waals surface area contributed by atoms with E-state index in [4.69, 9.17) is 0 Å². The smallest absolute Gasteiger partial charge is 0.0919 e. The summed E-state index contributed by atoms with van der Waals surface area (Å²) in [5.74, 6) is 0.619. The quantitative estimate of drug-likeness (QED) is 0.846. The molecule has 1 rings (SSSR count). The molecule has 0 bridgehead atoms. The standard InChI is InChI=1S/C17H29NO/c1-12(2)10-18(13(3)4)11-17(19)16-8-7-14(5)9-15(16)6/h7-9,12-13,17,19H,10-11H2,1-6H3. The first-order valence-electron chi connectivity index (χ1n) is 7.30. The number of benzene rings is 1. The lowest BCUT2D eigenvalue weighted by Gasteiger charge is -2.30. The van der Waals surface area contributed by atoms with Crippen molar-refractivity contribution in [2.45, 2.75) is 53.7 Å². The zero-order chi connectivity index (χ0) is 14.6. The molecular weight excluding hydrogens is 234 g/mol. The summed E-state index contributed by atoms with van der Waals surface area (Å²) in [4.78, 5) is 2.36. The van der Waals surface area contributed by atoms with E-state index < -0.39 is 6.10 Å². The van der Waals surface area contributed by atoms with Crippen molar-refractivity contribution >= 4 is 0 Å². The monoisotopic (exact) mass is 263 g/mol. The maximum atomic E-state index is 10.5. The zero-order valence-electron chi connectivity index (χ0n) is 13.3. The summed E-state index contributed by atoms with van der Waals surface area (Å²) >= 11 is 0. The molecule has 0 radical (unpaired) electrons. The van der Waals surface area contributed by atoms with E-state index in [1.54, 1.807) is 0 Å². The molecule has 0 spiro atoms. The van der Waals surface area contributed by atoms with Gasteiger partial charge in [0.1, 0.15) is 0 Å². The van der Waals surface area contributed by atoms with Crippen molar-refractivity contribution in [3.63, 3.8) is 0 Å². The molecule has 1 atom stereocenters. The summed E-state index contributed by atoms with van der Waals surface area (Å²) in [6, 6.07) is 6.74. The number of hydrogen-bond acceptors (Lipinski definition) is 2. The van der Waals surface area contributed by atoms with E-state index in [-0.39, 0.29) is 0 Å². The van der Waals surface area contributed by atoms with Gasteiger partial charge in [0.05, 0.1) is 6.10 Å². The predicted molar refractivity (Wildman–Crippen MR) is 82.4 cm³/mol. The lowest BCUT2D eigenvalue weighted by molar-refractivity contribution is 0.0873. The normalized spacial score (nSPS) is 13.6. The van der Waals surface area contributed by atoms with Gasteiger partial charge in [-0.2, -0.15) is 0 Å². The Morgan fingerprint density at radius 2 is 1.68 bits per heavy atom. The van der Waals surface area contributed by atoms with Gasteiger partial charge in [-0.25, -0.2) is 0 Å². The highest BCUT2D eigenvalue weighted by atomic mass is 16.3. The van der Waals surface area contributed by atoms with Gasteiger partial charge in [0.15, 0.2) is 0 Å². The van der Waals surface area contributed by atoms with Crippen LogP contribution in [0.25, 0.3) is 0 Å². The fraction of sp³-hybridized carbons (Fsp3) is 0.647. The number of rotatable bonds is 6. The van der Waals surface area contributed by atoms with Crippen molar-refractivity contribution in [1.82, 2.24) is 4.90 Å². The van der Waals surface area contributed by atoms with Crippen LogP contribution in [-0.4, -0.2) is 29.1 Å². The Kier molecular flexibility index (Phi) is 6.02. The molecule has 0 aromatic heterocycles. The van der Waals surface area contributed by atoms with Gasteiger partial charge < -0.3 is 5.11 Å². The molecule has 0 saturated heterocycles. The molecule has 0 amide bonds. The van der Waals surface area contributed by atoms with Crippen LogP contribution in [0.2, 0.25) is 0 Å². The van der Waals surface area contributed by atoms with Crippen LogP contribution in [0.4, 0.5) is 0 Å². The maximum absolute atomic E-state index is 10.5. The van der Waals surface area contributed by atoms with Gasteiger partial charge in [-0.15, -0.1) is 0 Å². The molecule has 0 aliphatic rings. The van der Waals surface area contributed by atoms with Crippen LogP contribution in [0.15, 0.2) is 18.2 Å². The fourth-order valence-electron chi connectivity index (χ4n) is 2.49. The van der Waals surface area contributed by atoms with E-state index in [9.17, 15) is 5.11 Å². The van der Waals surface area contributed by atoms with Crippen LogP contribution >= 0.6 is 0 Å². The first-order chi connectivity index (χ1) is 8.81. The second kappa shape index (κ2) is 7.06. The highest BCUT2D eigenvalue weighted by molar-refractivity contribution is 5.32. The van der Waals surface area contributed by atoms with Gasteiger partial charge in [0.2, 0.25) is 0 Å². The van der Waals surface area contributed by atoms with Gasteiger partial charge in [-0.1, -0.05) is 37.6 Å². The third kappa shape index (κ3) is 4.96. The third-order valence-electron chi connectivity index (χ3n) is 3.52. The predicted octanol–water partition coefficient (Wildman–Crippen LogP) is 3.70. The first-order valence-corrected chi connectivity index (χ1v) is 7.30. The highest BCUT2D eigenvalue weighted by Gasteiger charge is 2.18. The summed E-state index contributed by atoms with van der Waals surface area (Å²) in [7, 11) is 0. The molecule has 1 unspecified atom stereocenters. The second-order valence-electron chi connectivity index (χ2n) is 6.32. The van der Waals surface area contributed by atoms with E-state index in [1.807, 2.05) is 0 Å². The molecule has 1 N–H and O–H groups in total. The minimum absolute atomic E-state index is 0.401. The Morgan fingerprint density at radius 1 is 1.05 bits per heavy atom. The molecule has 0 fully saturated rings. The van der Waals surface area contributed by atoms with E-state index in [1.165, 1.54) is 11.1 Å². The number of aliphatic hydroxyl groups excluding tert-OH is 1. The fourth-order valence-corrected chi connectivity index (χ4v) is 2.49. The molecule has 2 nitrogen and oxygen atoms in total. The summed E-state index contributed by atoms with van der Waals surface area (Å²) < 4.78 is 0. The second-order valence-corrected chi connectivity index (χ2v) is 6.32. The van der Waals surface area contributed by atoms with Crippen LogP contribution in [-0.2, 0) is 0 Å². The molecule has 108 valence electrons. The van der Waals surface area contributed by atoms with Crippen molar-refractivity contribution in [2.75, 3.05) is 13.1 Å². The van der Waals surface area contributed by atoms with Gasteiger partial charge in [0.25, 0.3) is 0 Å². The number of aliphatic hydroxyl groups is 1. The topological polar surface area (TPSA) is 23.5 Å². The van der Waals surface area contributed by atoms with Gasteiger partial charge in [0, 0.05) is 19.1 Å². The Morgan fingerprint density at radius 3 is 2.16 bits per heavy atom. The molecule has 0 saturated carbocycles. The van der Waals surface area contributed by atoms with Gasteiger partial charge in [-0.3, -0.25) is 4.90 Å². The molecule has 19 heavy (non-hydrogen) atoms. The molecule has 1 aromatic rings. The van der Waals surface area contributed by atoms with Crippen molar-refractivity contribution in [1.29, 1.82) is 0 Å². The Labute approximate surface area is 118 Å². The summed E-state index contributed by atoms with van der Waals surface area (Å²) in [5, 5.41) is 10.5. The molecule has 0 aliphatic carbocycles. The van der Waals surface area contributed by atoms with Crippen molar-refractivity contribution in [2.24, 2.45) is 5.92 Å². The number of nitrogens with zero attached hydrogens (tertiary/aromatic N) is 1. The lowest BCUT2D eigenvalue weighted by atomic mass is 10.00. The van der Waals surface area contributed by atoms with E-state index in [0.29, 0.717) is 18.5 Å². The lowest BCUT2D eigenvalue weighted by Crippen LogP contribution is -2.37. The molecule has 2 heteroatoms. The summed E-state index contributed by atoms with van der Waals surface area (Å²) in [6.45, 7) is 14.7. The molecular formula is C17H29NO. The molecule has 0 aliphatic heterocycles. The van der Waals surface area contributed by atoms with Crippen LogP contribution in [0, 0.1) is 19.8 Å². The average molecular weight is 263 g/mol. The van der Waals surface area contributed by atoms with Crippen molar-refractivity contribution in [3.05, 3.63) is 34.9 Å². The minimum Gasteiger partial charge on any atom is -0.387 e. The van der Waals surface area contributed by atoms with Crippen LogP contribution in [0.5, 0.6) is 0 Å². The van der Waals surface area contributed by atoms with Gasteiger partial charge in [-0.05, 0) is 44.7 Å². The summed E-state index contributed by atoms with van der Waals surface area (Å²) in [5.41, 5.74) is 3.48. The van der Waals surface area contributed by atoms with Crippen LogP contribution in [0.3, 0.4) is 0 Å². The third-order valence-corrected chi connectivity index (χ3v) is 3.52. The average Bonchev–Trinajstić information content (AvgIpc) is 2.26. The largest absolute Gasteiger partial charge is 0.387 e. The summed E-state index contributed by atoms with van der Waals surface area (Å²) in [6.07, 6.45) is -0.401. The van der Waals surface area contributed by atoms with E-state index in [0.717, 1.165) is 12.1 Å². The minimum atomic E-state index is -0.401. The molecule has 1 aromatic carbocycles. The van der Waals surface area contributed by atoms with Crippen molar-refractivity contribution in [3.8, 4) is 0 Å². The SMILES string of the molecule is Cc1ccc(C(O)CN(CC(C)C)C(C)C)c(C)c1.